The van der Waals surface area contributed by atoms with Crippen LogP contribution in [0.5, 0.6) is 11.5 Å². The lowest BCUT2D eigenvalue weighted by atomic mass is 10.2. The van der Waals surface area contributed by atoms with Crippen molar-refractivity contribution in [2.45, 2.75) is 13.2 Å². The quantitative estimate of drug-likeness (QED) is 0.833. The Morgan fingerprint density at radius 2 is 1.68 bits per heavy atom. The van der Waals surface area contributed by atoms with Crippen LogP contribution in [0.15, 0.2) is 36.7 Å². The van der Waals surface area contributed by atoms with Crippen LogP contribution in [0.2, 0.25) is 0 Å². The van der Waals surface area contributed by atoms with Crippen molar-refractivity contribution in [1.29, 1.82) is 0 Å². The Morgan fingerprint density at radius 3 is 2.21 bits per heavy atom. The average molecular weight is 259 g/mol. The number of aromatic nitrogens is 2. The van der Waals surface area contributed by atoms with Gasteiger partial charge in [-0.2, -0.15) is 0 Å². The van der Waals surface area contributed by atoms with E-state index in [4.69, 9.17) is 9.47 Å². The van der Waals surface area contributed by atoms with Gasteiger partial charge in [0.05, 0.1) is 19.5 Å². The Labute approximate surface area is 112 Å². The van der Waals surface area contributed by atoms with Crippen molar-refractivity contribution in [1.82, 2.24) is 15.3 Å². The molecule has 2 rings (SSSR count). The number of ether oxygens (including phenoxy) is 2. The summed E-state index contributed by atoms with van der Waals surface area (Å²) in [6.45, 7) is 1.91. The third-order valence-corrected chi connectivity index (χ3v) is 2.70. The van der Waals surface area contributed by atoms with Gasteiger partial charge in [-0.15, -0.1) is 0 Å². The third kappa shape index (κ3) is 3.42. The molecule has 0 radical (unpaired) electrons. The topological polar surface area (TPSA) is 56.3 Å². The lowest BCUT2D eigenvalue weighted by Gasteiger charge is -2.12. The largest absolute Gasteiger partial charge is 0.497 e. The molecule has 0 aliphatic carbocycles. The number of nitrogens with one attached hydrogen (secondary N) is 1. The molecule has 5 nitrogen and oxygen atoms in total. The van der Waals surface area contributed by atoms with Gasteiger partial charge in [-0.25, -0.2) is 9.97 Å². The number of hydrogen-bond acceptors (Lipinski definition) is 5. The maximum Gasteiger partial charge on any atom is 0.159 e. The molecule has 0 amide bonds. The highest BCUT2D eigenvalue weighted by atomic mass is 16.5. The summed E-state index contributed by atoms with van der Waals surface area (Å²) in [5.74, 6) is 2.11. The highest BCUT2D eigenvalue weighted by Crippen LogP contribution is 2.20. The van der Waals surface area contributed by atoms with Crippen molar-refractivity contribution in [2.75, 3.05) is 14.2 Å². The predicted octanol–water partition coefficient (Wildman–Crippen LogP) is 2.10. The van der Waals surface area contributed by atoms with Crippen LogP contribution in [0.25, 0.3) is 11.4 Å². The molecular formula is C14H17N3O2. The van der Waals surface area contributed by atoms with Gasteiger partial charge in [0.25, 0.3) is 0 Å². The van der Waals surface area contributed by atoms with Gasteiger partial charge in [0.1, 0.15) is 12.0 Å². The summed E-state index contributed by atoms with van der Waals surface area (Å²) in [4.78, 5) is 8.57. The molecule has 1 atom stereocenters. The van der Waals surface area contributed by atoms with Gasteiger partial charge in [0.15, 0.2) is 11.6 Å². The second-order valence-electron chi connectivity index (χ2n) is 4.02. The van der Waals surface area contributed by atoms with E-state index in [1.54, 1.807) is 19.5 Å². The van der Waals surface area contributed by atoms with Gasteiger partial charge in [0.2, 0.25) is 0 Å². The summed E-state index contributed by atoms with van der Waals surface area (Å²) in [6.07, 6.45) is 3.26. The number of hydrogen-bond donors (Lipinski definition) is 1. The van der Waals surface area contributed by atoms with E-state index in [-0.39, 0.29) is 6.23 Å². The predicted molar refractivity (Wildman–Crippen MR) is 73.2 cm³/mol. The second-order valence-corrected chi connectivity index (χ2v) is 4.02. The second kappa shape index (κ2) is 6.15. The monoisotopic (exact) mass is 259 g/mol. The molecule has 0 fully saturated rings. The molecule has 19 heavy (non-hydrogen) atoms. The van der Waals surface area contributed by atoms with Crippen LogP contribution in [-0.2, 0) is 0 Å². The van der Waals surface area contributed by atoms with Crippen molar-refractivity contribution >= 4 is 0 Å². The molecule has 0 aliphatic heterocycles. The van der Waals surface area contributed by atoms with Crippen LogP contribution in [-0.4, -0.2) is 30.4 Å². The first-order valence-electron chi connectivity index (χ1n) is 6.03. The Hall–Kier alpha value is -2.14. The van der Waals surface area contributed by atoms with Crippen LogP contribution in [0.1, 0.15) is 6.92 Å². The van der Waals surface area contributed by atoms with Gasteiger partial charge < -0.3 is 9.47 Å². The van der Waals surface area contributed by atoms with Crippen molar-refractivity contribution in [3.8, 4) is 22.9 Å². The Balaban J connectivity index is 2.12. The van der Waals surface area contributed by atoms with Crippen LogP contribution in [0, 0.1) is 0 Å². The fourth-order valence-electron chi connectivity index (χ4n) is 1.53. The number of rotatable bonds is 5. The first-order valence-corrected chi connectivity index (χ1v) is 6.03. The third-order valence-electron chi connectivity index (χ3n) is 2.70. The lowest BCUT2D eigenvalue weighted by molar-refractivity contribution is 0.192. The van der Waals surface area contributed by atoms with Crippen molar-refractivity contribution < 1.29 is 9.47 Å². The van der Waals surface area contributed by atoms with Gasteiger partial charge in [-0.3, -0.25) is 5.32 Å². The number of methoxy groups -OCH3 is 1. The molecule has 0 spiro atoms. The molecule has 0 aliphatic rings. The molecule has 2 aromatic rings. The first-order chi connectivity index (χ1) is 9.22. The van der Waals surface area contributed by atoms with E-state index < -0.39 is 0 Å². The van der Waals surface area contributed by atoms with Crippen molar-refractivity contribution in [3.05, 3.63) is 36.7 Å². The van der Waals surface area contributed by atoms with Crippen LogP contribution in [0.4, 0.5) is 0 Å². The van der Waals surface area contributed by atoms with Crippen molar-refractivity contribution in [3.63, 3.8) is 0 Å². The standard InChI is InChI=1S/C14H17N3O2/c1-10(15-2)19-13-8-16-14(17-9-13)11-4-6-12(18-3)7-5-11/h4-10,15H,1-3H3. The highest BCUT2D eigenvalue weighted by Gasteiger charge is 2.04. The molecule has 1 heterocycles. The van der Waals surface area contributed by atoms with Gasteiger partial charge in [-0.1, -0.05) is 0 Å². The maximum atomic E-state index is 5.53. The SMILES string of the molecule is CNC(C)Oc1cnc(-c2ccc(OC)cc2)nc1. The molecular weight excluding hydrogens is 242 g/mol. The Morgan fingerprint density at radius 1 is 1.05 bits per heavy atom. The molecule has 1 aromatic carbocycles. The van der Waals surface area contributed by atoms with Crippen LogP contribution in [0.3, 0.4) is 0 Å². The van der Waals surface area contributed by atoms with E-state index in [0.29, 0.717) is 11.6 Å². The average Bonchev–Trinajstić information content (AvgIpc) is 2.48. The van der Waals surface area contributed by atoms with Crippen LogP contribution < -0.4 is 14.8 Å². The van der Waals surface area contributed by atoms with E-state index in [9.17, 15) is 0 Å². The van der Waals surface area contributed by atoms with Crippen molar-refractivity contribution in [2.24, 2.45) is 0 Å². The minimum Gasteiger partial charge on any atom is -0.497 e. The van der Waals surface area contributed by atoms with Gasteiger partial charge in [-0.05, 0) is 38.2 Å². The maximum absolute atomic E-state index is 5.53. The zero-order chi connectivity index (χ0) is 13.7. The smallest absolute Gasteiger partial charge is 0.159 e. The number of benzene rings is 1. The fourth-order valence-corrected chi connectivity index (χ4v) is 1.53. The highest BCUT2D eigenvalue weighted by molar-refractivity contribution is 5.56. The molecule has 0 saturated heterocycles. The molecule has 1 aromatic heterocycles. The Bertz CT molecular complexity index is 511. The fraction of sp³-hybridized carbons (Fsp3) is 0.286. The van der Waals surface area contributed by atoms with E-state index in [2.05, 4.69) is 15.3 Å². The normalized spacial score (nSPS) is 11.9. The molecule has 0 bridgehead atoms. The van der Waals surface area contributed by atoms with Crippen LogP contribution >= 0.6 is 0 Å². The van der Waals surface area contributed by atoms with E-state index >= 15 is 0 Å². The lowest BCUT2D eigenvalue weighted by Crippen LogP contribution is -2.27. The van der Waals surface area contributed by atoms with E-state index in [1.165, 1.54) is 0 Å². The zero-order valence-corrected chi connectivity index (χ0v) is 11.3. The van der Waals surface area contributed by atoms with E-state index in [0.717, 1.165) is 11.3 Å². The summed E-state index contributed by atoms with van der Waals surface area (Å²) in [5, 5.41) is 2.98. The van der Waals surface area contributed by atoms with Gasteiger partial charge >= 0.3 is 0 Å². The first kappa shape index (κ1) is 13.3. The molecule has 0 saturated carbocycles. The summed E-state index contributed by atoms with van der Waals surface area (Å²) in [5.41, 5.74) is 0.939. The molecule has 5 heteroatoms. The van der Waals surface area contributed by atoms with Gasteiger partial charge in [0, 0.05) is 5.56 Å². The molecule has 1 N–H and O–H groups in total. The molecule has 1 unspecified atom stereocenters. The summed E-state index contributed by atoms with van der Waals surface area (Å²) >= 11 is 0. The minimum atomic E-state index is -0.0737. The molecule has 100 valence electrons. The summed E-state index contributed by atoms with van der Waals surface area (Å²) in [6, 6.07) is 7.61. The number of nitrogens with zero attached hydrogens (tertiary/aromatic N) is 2. The summed E-state index contributed by atoms with van der Waals surface area (Å²) in [7, 11) is 3.47. The zero-order valence-electron chi connectivity index (χ0n) is 11.3. The van der Waals surface area contributed by atoms with E-state index in [1.807, 2.05) is 38.2 Å². The summed E-state index contributed by atoms with van der Waals surface area (Å²) < 4.78 is 10.6. The Kier molecular flexibility index (Phi) is 4.30. The minimum absolute atomic E-state index is 0.0737.